The number of nitrogens with two attached hydrogens (primary N) is 1. The van der Waals surface area contributed by atoms with Crippen molar-refractivity contribution in [1.82, 2.24) is 0 Å². The molecule has 1 rings (SSSR count). The van der Waals surface area contributed by atoms with Crippen molar-refractivity contribution < 1.29 is 9.13 Å². The fourth-order valence-electron chi connectivity index (χ4n) is 1.92. The number of halogens is 1. The molecule has 0 aliphatic carbocycles. The number of unbranched alkanes of at least 4 members (excludes halogenated alkanes) is 4. The van der Waals surface area contributed by atoms with Crippen molar-refractivity contribution in [3.8, 4) is 5.75 Å². The Kier molecular flexibility index (Phi) is 6.73. The van der Waals surface area contributed by atoms with Gasteiger partial charge >= 0.3 is 0 Å². The molecule has 0 aromatic heterocycles. The Bertz CT molecular complexity index is 352. The van der Waals surface area contributed by atoms with Crippen LogP contribution in [0.5, 0.6) is 5.75 Å². The van der Waals surface area contributed by atoms with E-state index in [0.29, 0.717) is 12.4 Å². The van der Waals surface area contributed by atoms with E-state index in [1.165, 1.54) is 25.3 Å². The largest absolute Gasteiger partial charge is 0.490 e. The third-order valence-electron chi connectivity index (χ3n) is 2.98. The van der Waals surface area contributed by atoms with Gasteiger partial charge in [0.15, 0.2) is 11.6 Å². The van der Waals surface area contributed by atoms with Crippen molar-refractivity contribution in [2.75, 3.05) is 6.61 Å². The predicted molar refractivity (Wildman–Crippen MR) is 73.3 cm³/mol. The molecule has 2 N–H and O–H groups in total. The van der Waals surface area contributed by atoms with Crippen LogP contribution in [0.3, 0.4) is 0 Å². The van der Waals surface area contributed by atoms with Crippen LogP contribution in [0.15, 0.2) is 18.2 Å². The molecule has 0 aliphatic rings. The second kappa shape index (κ2) is 8.09. The number of hydrogen-bond acceptors (Lipinski definition) is 2. The van der Waals surface area contributed by atoms with Crippen molar-refractivity contribution in [3.63, 3.8) is 0 Å². The lowest BCUT2D eigenvalue weighted by Crippen LogP contribution is -2.10. The predicted octanol–water partition coefficient (Wildman–Crippen LogP) is 4.19. The molecule has 0 saturated heterocycles. The van der Waals surface area contributed by atoms with Gasteiger partial charge in [-0.05, 0) is 19.4 Å². The van der Waals surface area contributed by atoms with E-state index in [9.17, 15) is 4.39 Å². The molecule has 0 unspecified atom stereocenters. The molecular weight excluding hydrogens is 229 g/mol. The first-order valence-corrected chi connectivity index (χ1v) is 6.83. The van der Waals surface area contributed by atoms with Gasteiger partial charge in [-0.25, -0.2) is 4.39 Å². The van der Waals surface area contributed by atoms with E-state index in [4.69, 9.17) is 10.5 Å². The lowest BCUT2D eigenvalue weighted by Gasteiger charge is -2.14. The van der Waals surface area contributed by atoms with E-state index < -0.39 is 0 Å². The van der Waals surface area contributed by atoms with Gasteiger partial charge in [-0.3, -0.25) is 0 Å². The van der Waals surface area contributed by atoms with Gasteiger partial charge in [0.05, 0.1) is 6.61 Å². The Labute approximate surface area is 109 Å². The lowest BCUT2D eigenvalue weighted by molar-refractivity contribution is 0.285. The molecule has 1 aromatic carbocycles. The highest BCUT2D eigenvalue weighted by Crippen LogP contribution is 2.27. The minimum absolute atomic E-state index is 0.212. The van der Waals surface area contributed by atoms with Gasteiger partial charge in [-0.1, -0.05) is 44.7 Å². The average Bonchev–Trinajstić information content (AvgIpc) is 2.34. The van der Waals surface area contributed by atoms with Crippen molar-refractivity contribution in [1.29, 1.82) is 0 Å². The third-order valence-corrected chi connectivity index (χ3v) is 2.98. The zero-order chi connectivity index (χ0) is 13.4. The molecule has 0 heterocycles. The highest BCUT2D eigenvalue weighted by atomic mass is 19.1. The summed E-state index contributed by atoms with van der Waals surface area (Å²) in [5, 5.41) is 0. The highest BCUT2D eigenvalue weighted by molar-refractivity contribution is 5.36. The average molecular weight is 253 g/mol. The van der Waals surface area contributed by atoms with Gasteiger partial charge < -0.3 is 10.5 Å². The minimum Gasteiger partial charge on any atom is -0.490 e. The topological polar surface area (TPSA) is 35.2 Å². The van der Waals surface area contributed by atoms with Gasteiger partial charge in [0.1, 0.15) is 0 Å². The van der Waals surface area contributed by atoms with E-state index in [-0.39, 0.29) is 11.9 Å². The zero-order valence-corrected chi connectivity index (χ0v) is 11.4. The molecule has 3 heteroatoms. The van der Waals surface area contributed by atoms with Crippen LogP contribution in [0.1, 0.15) is 57.6 Å². The Morgan fingerprint density at radius 1 is 1.22 bits per heavy atom. The Morgan fingerprint density at radius 3 is 2.61 bits per heavy atom. The van der Waals surface area contributed by atoms with Crippen molar-refractivity contribution in [2.24, 2.45) is 5.73 Å². The zero-order valence-electron chi connectivity index (χ0n) is 11.4. The molecule has 18 heavy (non-hydrogen) atoms. The number of benzene rings is 1. The molecule has 0 aliphatic heterocycles. The molecule has 2 nitrogen and oxygen atoms in total. The summed E-state index contributed by atoms with van der Waals surface area (Å²) in [6.45, 7) is 4.58. The molecule has 0 fully saturated rings. The molecule has 0 spiro atoms. The summed E-state index contributed by atoms with van der Waals surface area (Å²) >= 11 is 0. The van der Waals surface area contributed by atoms with E-state index in [0.717, 1.165) is 18.4 Å². The molecule has 0 saturated carbocycles. The van der Waals surface area contributed by atoms with Crippen LogP contribution in [0, 0.1) is 5.82 Å². The maximum Gasteiger partial charge on any atom is 0.165 e. The van der Waals surface area contributed by atoms with Crippen LogP contribution in [0.2, 0.25) is 0 Å². The summed E-state index contributed by atoms with van der Waals surface area (Å²) in [7, 11) is 0. The van der Waals surface area contributed by atoms with E-state index in [1.54, 1.807) is 6.07 Å². The molecule has 1 atom stereocenters. The standard InChI is InChI=1S/C15H24FNO/c1-3-4-5-6-7-11-18-15-13(12(2)17)9-8-10-14(15)16/h8-10,12H,3-7,11,17H2,1-2H3/t12-/m1/s1. The maximum absolute atomic E-state index is 13.7. The summed E-state index contributed by atoms with van der Waals surface area (Å²) in [4.78, 5) is 0. The summed E-state index contributed by atoms with van der Waals surface area (Å²) < 4.78 is 19.2. The van der Waals surface area contributed by atoms with Gasteiger partial charge in [-0.15, -0.1) is 0 Å². The molecule has 102 valence electrons. The molecule has 0 radical (unpaired) electrons. The van der Waals surface area contributed by atoms with Crippen LogP contribution in [0.4, 0.5) is 4.39 Å². The molecular formula is C15H24FNO. The van der Waals surface area contributed by atoms with Crippen molar-refractivity contribution in [3.05, 3.63) is 29.6 Å². The van der Waals surface area contributed by atoms with Crippen LogP contribution in [0.25, 0.3) is 0 Å². The number of rotatable bonds is 8. The van der Waals surface area contributed by atoms with Gasteiger partial charge in [0, 0.05) is 11.6 Å². The summed E-state index contributed by atoms with van der Waals surface area (Å²) in [6.07, 6.45) is 5.80. The minimum atomic E-state index is -0.321. The first-order chi connectivity index (χ1) is 8.66. The fourth-order valence-corrected chi connectivity index (χ4v) is 1.92. The van der Waals surface area contributed by atoms with Crippen LogP contribution >= 0.6 is 0 Å². The van der Waals surface area contributed by atoms with Crippen LogP contribution < -0.4 is 10.5 Å². The van der Waals surface area contributed by atoms with Gasteiger partial charge in [0.2, 0.25) is 0 Å². The molecule has 0 bridgehead atoms. The van der Waals surface area contributed by atoms with Crippen LogP contribution in [-0.2, 0) is 0 Å². The normalized spacial score (nSPS) is 12.4. The Hall–Kier alpha value is -1.09. The van der Waals surface area contributed by atoms with E-state index in [1.807, 2.05) is 13.0 Å². The van der Waals surface area contributed by atoms with E-state index >= 15 is 0 Å². The first kappa shape index (κ1) is 15.0. The van der Waals surface area contributed by atoms with Crippen molar-refractivity contribution >= 4 is 0 Å². The highest BCUT2D eigenvalue weighted by Gasteiger charge is 2.12. The SMILES string of the molecule is CCCCCCCOc1c(F)cccc1[C@@H](C)N. The summed E-state index contributed by atoms with van der Waals surface area (Å²) in [5.41, 5.74) is 6.55. The monoisotopic (exact) mass is 253 g/mol. The van der Waals surface area contributed by atoms with Gasteiger partial charge in [-0.2, -0.15) is 0 Å². The quantitative estimate of drug-likeness (QED) is 0.705. The third kappa shape index (κ3) is 4.65. The van der Waals surface area contributed by atoms with Crippen molar-refractivity contribution in [2.45, 2.75) is 52.0 Å². The van der Waals surface area contributed by atoms with Crippen LogP contribution in [-0.4, -0.2) is 6.61 Å². The van der Waals surface area contributed by atoms with Gasteiger partial charge in [0.25, 0.3) is 0 Å². The number of hydrogen-bond donors (Lipinski definition) is 1. The Balaban J connectivity index is 2.46. The molecule has 0 amide bonds. The number of para-hydroxylation sites is 1. The second-order valence-corrected chi connectivity index (χ2v) is 4.71. The maximum atomic E-state index is 13.7. The lowest BCUT2D eigenvalue weighted by atomic mass is 10.1. The Morgan fingerprint density at radius 2 is 1.94 bits per heavy atom. The van der Waals surface area contributed by atoms with E-state index in [2.05, 4.69) is 6.92 Å². The number of ether oxygens (including phenoxy) is 1. The second-order valence-electron chi connectivity index (χ2n) is 4.71. The first-order valence-electron chi connectivity index (χ1n) is 6.83. The summed E-state index contributed by atoms with van der Waals surface area (Å²) in [5.74, 6) is 0.00125. The summed E-state index contributed by atoms with van der Waals surface area (Å²) in [6, 6.07) is 4.69. The molecule has 1 aromatic rings. The smallest absolute Gasteiger partial charge is 0.165 e. The fraction of sp³-hybridized carbons (Fsp3) is 0.600.